The largest absolute Gasteiger partial charge is 0.447 e. The molecule has 2 fully saturated rings. The molecule has 0 spiro atoms. The number of nitrogens with one attached hydrogen (secondary N) is 1. The summed E-state index contributed by atoms with van der Waals surface area (Å²) in [6.07, 6.45) is 2.50. The van der Waals surface area contributed by atoms with Crippen molar-refractivity contribution in [3.05, 3.63) is 64.1 Å². The highest BCUT2D eigenvalue weighted by molar-refractivity contribution is 9.10. The van der Waals surface area contributed by atoms with E-state index in [-0.39, 0.29) is 12.0 Å². The third-order valence-corrected chi connectivity index (χ3v) is 6.00. The van der Waals surface area contributed by atoms with Gasteiger partial charge in [0.1, 0.15) is 6.61 Å². The zero-order valence-electron chi connectivity index (χ0n) is 14.9. The second-order valence-corrected chi connectivity index (χ2v) is 7.98. The molecule has 2 aromatic rings. The Balaban J connectivity index is 1.46. The normalized spacial score (nSPS) is 18.0. The summed E-state index contributed by atoms with van der Waals surface area (Å²) in [5.74, 6) is 0.0713. The fourth-order valence-corrected chi connectivity index (χ4v) is 4.02. The molecule has 1 N–H and O–H groups in total. The van der Waals surface area contributed by atoms with E-state index < -0.39 is 5.41 Å². The van der Waals surface area contributed by atoms with Crippen molar-refractivity contribution in [1.82, 2.24) is 5.32 Å². The molecule has 5 nitrogen and oxygen atoms in total. The second kappa shape index (κ2) is 7.35. The van der Waals surface area contributed by atoms with E-state index in [9.17, 15) is 9.59 Å². The van der Waals surface area contributed by atoms with Crippen LogP contribution in [0.4, 0.5) is 10.5 Å². The van der Waals surface area contributed by atoms with Gasteiger partial charge < -0.3 is 10.1 Å². The van der Waals surface area contributed by atoms with Gasteiger partial charge in [-0.3, -0.25) is 9.69 Å². The zero-order valence-corrected chi connectivity index (χ0v) is 16.5. The van der Waals surface area contributed by atoms with Crippen molar-refractivity contribution in [3.63, 3.8) is 0 Å². The molecule has 2 aromatic carbocycles. The van der Waals surface area contributed by atoms with Crippen LogP contribution in [-0.2, 0) is 21.5 Å². The molecule has 1 saturated heterocycles. The van der Waals surface area contributed by atoms with Gasteiger partial charge in [-0.25, -0.2) is 4.79 Å². The highest BCUT2D eigenvalue weighted by Crippen LogP contribution is 2.44. The van der Waals surface area contributed by atoms with Crippen LogP contribution in [0.5, 0.6) is 0 Å². The molecule has 2 aliphatic rings. The summed E-state index contributed by atoms with van der Waals surface area (Å²) < 4.78 is 6.01. The maximum Gasteiger partial charge on any atom is 0.414 e. The van der Waals surface area contributed by atoms with Gasteiger partial charge in [-0.15, -0.1) is 0 Å². The molecule has 0 atom stereocenters. The number of rotatable bonds is 5. The number of ether oxygens (including phenoxy) is 1. The minimum atomic E-state index is -0.420. The van der Waals surface area contributed by atoms with E-state index in [1.165, 1.54) is 0 Å². The fourth-order valence-electron chi connectivity index (χ4n) is 3.76. The number of benzene rings is 2. The quantitative estimate of drug-likeness (QED) is 0.777. The molecular formula is C21H21BrN2O3. The molecule has 2 amide bonds. The highest BCUT2D eigenvalue weighted by Gasteiger charge is 2.45. The molecule has 4 rings (SSSR count). The lowest BCUT2D eigenvalue weighted by molar-refractivity contribution is -0.130. The van der Waals surface area contributed by atoms with Crippen molar-refractivity contribution in [3.8, 4) is 0 Å². The third-order valence-electron chi connectivity index (χ3n) is 5.47. The van der Waals surface area contributed by atoms with E-state index in [1.54, 1.807) is 4.90 Å². The first-order chi connectivity index (χ1) is 13.1. The Hall–Kier alpha value is -2.34. The summed E-state index contributed by atoms with van der Waals surface area (Å²) in [5, 5.41) is 3.10. The number of carbonyl (C=O) groups is 2. The summed E-state index contributed by atoms with van der Waals surface area (Å²) in [6, 6.07) is 15.7. The summed E-state index contributed by atoms with van der Waals surface area (Å²) in [5.41, 5.74) is 2.42. The Labute approximate surface area is 166 Å². The third kappa shape index (κ3) is 3.46. The average molecular weight is 429 g/mol. The molecular weight excluding hydrogens is 408 g/mol. The minimum absolute atomic E-state index is 0.0713. The molecule has 0 aromatic heterocycles. The number of anilines is 1. The van der Waals surface area contributed by atoms with Crippen LogP contribution in [0, 0.1) is 0 Å². The first-order valence-electron chi connectivity index (χ1n) is 9.16. The van der Waals surface area contributed by atoms with Crippen LogP contribution >= 0.6 is 15.9 Å². The van der Waals surface area contributed by atoms with Gasteiger partial charge in [0.2, 0.25) is 5.91 Å². The van der Waals surface area contributed by atoms with Crippen molar-refractivity contribution in [2.45, 2.75) is 31.2 Å². The summed E-state index contributed by atoms with van der Waals surface area (Å²) >= 11 is 3.45. The lowest BCUT2D eigenvalue weighted by atomic mass is 9.64. The fraction of sp³-hybridized carbons (Fsp3) is 0.333. The zero-order chi connectivity index (χ0) is 18.9. The SMILES string of the molecule is O=C1OCCN1c1cccc(CNC(=O)C2(c3ccc(Br)cc3)CCC2)c1. The van der Waals surface area contributed by atoms with Gasteiger partial charge in [0.05, 0.1) is 12.0 Å². The van der Waals surface area contributed by atoms with Crippen LogP contribution < -0.4 is 10.2 Å². The Kier molecular flexibility index (Phi) is 4.91. The lowest BCUT2D eigenvalue weighted by Gasteiger charge is -2.40. The Bertz CT molecular complexity index is 862. The van der Waals surface area contributed by atoms with Crippen LogP contribution in [0.2, 0.25) is 0 Å². The van der Waals surface area contributed by atoms with Crippen LogP contribution in [-0.4, -0.2) is 25.2 Å². The van der Waals surface area contributed by atoms with Crippen LogP contribution in [0.3, 0.4) is 0 Å². The standard InChI is InChI=1S/C21H21BrN2O3/c22-17-7-5-16(6-8-17)21(9-2-10-21)19(25)23-14-15-3-1-4-18(13-15)24-11-12-27-20(24)26/h1,3-8,13H,2,9-12,14H2,(H,23,25). The second-order valence-electron chi connectivity index (χ2n) is 7.06. The highest BCUT2D eigenvalue weighted by atomic mass is 79.9. The molecule has 27 heavy (non-hydrogen) atoms. The summed E-state index contributed by atoms with van der Waals surface area (Å²) in [7, 11) is 0. The summed E-state index contributed by atoms with van der Waals surface area (Å²) in [6.45, 7) is 1.41. The first kappa shape index (κ1) is 18.0. The number of carbonyl (C=O) groups excluding carboxylic acids is 2. The van der Waals surface area contributed by atoms with Gasteiger partial charge in [0, 0.05) is 16.7 Å². The van der Waals surface area contributed by atoms with E-state index in [0.717, 1.165) is 40.5 Å². The molecule has 6 heteroatoms. The maximum absolute atomic E-state index is 13.0. The van der Waals surface area contributed by atoms with Gasteiger partial charge >= 0.3 is 6.09 Å². The van der Waals surface area contributed by atoms with Gasteiger partial charge in [0.15, 0.2) is 0 Å². The molecule has 140 valence electrons. The van der Waals surface area contributed by atoms with E-state index in [2.05, 4.69) is 21.2 Å². The first-order valence-corrected chi connectivity index (χ1v) is 9.95. The van der Waals surface area contributed by atoms with Crippen LogP contribution in [0.25, 0.3) is 0 Å². The maximum atomic E-state index is 13.0. The van der Waals surface area contributed by atoms with Crippen molar-refractivity contribution in [2.75, 3.05) is 18.1 Å². The lowest BCUT2D eigenvalue weighted by Crippen LogP contribution is -2.49. The van der Waals surface area contributed by atoms with E-state index in [4.69, 9.17) is 4.74 Å². The Morgan fingerprint density at radius 1 is 1.19 bits per heavy atom. The van der Waals surface area contributed by atoms with Gasteiger partial charge in [0.25, 0.3) is 0 Å². The number of nitrogens with zero attached hydrogens (tertiary/aromatic N) is 1. The Morgan fingerprint density at radius 2 is 1.96 bits per heavy atom. The van der Waals surface area contributed by atoms with Crippen molar-refractivity contribution >= 4 is 33.6 Å². The number of hydrogen-bond acceptors (Lipinski definition) is 3. The smallest absolute Gasteiger partial charge is 0.414 e. The number of cyclic esters (lactones) is 1. The van der Waals surface area contributed by atoms with Gasteiger partial charge in [-0.2, -0.15) is 0 Å². The Morgan fingerprint density at radius 3 is 2.59 bits per heavy atom. The van der Waals surface area contributed by atoms with Crippen molar-refractivity contribution < 1.29 is 14.3 Å². The van der Waals surface area contributed by atoms with Gasteiger partial charge in [-0.05, 0) is 48.2 Å². The van der Waals surface area contributed by atoms with E-state index in [0.29, 0.717) is 19.7 Å². The number of halogens is 1. The van der Waals surface area contributed by atoms with Crippen LogP contribution in [0.15, 0.2) is 53.0 Å². The predicted molar refractivity (Wildman–Crippen MR) is 107 cm³/mol. The van der Waals surface area contributed by atoms with E-state index in [1.807, 2.05) is 48.5 Å². The van der Waals surface area contributed by atoms with E-state index >= 15 is 0 Å². The molecule has 0 unspecified atom stereocenters. The van der Waals surface area contributed by atoms with Crippen LogP contribution in [0.1, 0.15) is 30.4 Å². The summed E-state index contributed by atoms with van der Waals surface area (Å²) in [4.78, 5) is 26.3. The molecule has 1 aliphatic heterocycles. The monoisotopic (exact) mass is 428 g/mol. The van der Waals surface area contributed by atoms with Crippen molar-refractivity contribution in [1.29, 1.82) is 0 Å². The molecule has 0 bridgehead atoms. The topological polar surface area (TPSA) is 58.6 Å². The number of amides is 2. The molecule has 0 radical (unpaired) electrons. The average Bonchev–Trinajstić information content (AvgIpc) is 3.07. The van der Waals surface area contributed by atoms with Gasteiger partial charge in [-0.1, -0.05) is 46.6 Å². The minimum Gasteiger partial charge on any atom is -0.447 e. The predicted octanol–water partition coefficient (Wildman–Crippen LogP) is 4.14. The van der Waals surface area contributed by atoms with Crippen molar-refractivity contribution in [2.24, 2.45) is 0 Å². The molecule has 1 saturated carbocycles. The molecule has 1 aliphatic carbocycles. The molecule has 1 heterocycles. The number of hydrogen-bond donors (Lipinski definition) is 1.